The smallest absolute Gasteiger partial charge is 0.0456 e. The van der Waals surface area contributed by atoms with Gasteiger partial charge in [0.15, 0.2) is 0 Å². The number of fused-ring (bicyclic) bond motifs is 2. The summed E-state index contributed by atoms with van der Waals surface area (Å²) in [6.45, 7) is 0. The number of nitrogens with one attached hydrogen (secondary N) is 2. The lowest BCUT2D eigenvalue weighted by Crippen LogP contribution is -1.93. The molecule has 116 valence electrons. The molecule has 0 aliphatic heterocycles. The van der Waals surface area contributed by atoms with Crippen molar-refractivity contribution in [2.45, 2.75) is 12.8 Å². The Bertz CT molecular complexity index is 777. The van der Waals surface area contributed by atoms with Gasteiger partial charge in [0.1, 0.15) is 0 Å². The Labute approximate surface area is 140 Å². The molecule has 0 unspecified atom stereocenters. The van der Waals surface area contributed by atoms with Gasteiger partial charge in [0, 0.05) is 22.4 Å². The van der Waals surface area contributed by atoms with Crippen LogP contribution in [0.3, 0.4) is 0 Å². The molecule has 0 bridgehead atoms. The van der Waals surface area contributed by atoms with Crippen molar-refractivity contribution in [1.82, 2.24) is 9.97 Å². The molecule has 2 aromatic heterocycles. The summed E-state index contributed by atoms with van der Waals surface area (Å²) in [5.41, 5.74) is 5.16. The number of aromatic nitrogens is 2. The second-order valence-electron chi connectivity index (χ2n) is 5.88. The number of hydrogen-bond acceptors (Lipinski definition) is 1. The second-order valence-corrected chi connectivity index (χ2v) is 7.10. The first-order chi connectivity index (χ1) is 11.4. The minimum absolute atomic E-state index is 1.10. The fourth-order valence-electron chi connectivity index (χ4n) is 3.00. The Hall–Kier alpha value is -2.13. The van der Waals surface area contributed by atoms with Crippen LogP contribution in [0.4, 0.5) is 0 Å². The number of rotatable bonds is 6. The van der Waals surface area contributed by atoms with Crippen LogP contribution in [0.2, 0.25) is 0 Å². The van der Waals surface area contributed by atoms with Gasteiger partial charge in [-0.3, -0.25) is 0 Å². The van der Waals surface area contributed by atoms with Gasteiger partial charge in [-0.2, -0.15) is 11.8 Å². The van der Waals surface area contributed by atoms with Crippen molar-refractivity contribution in [3.8, 4) is 0 Å². The number of aromatic amines is 2. The van der Waals surface area contributed by atoms with Gasteiger partial charge >= 0.3 is 0 Å². The number of hydrogen-bond donors (Lipinski definition) is 2. The van der Waals surface area contributed by atoms with Crippen molar-refractivity contribution in [3.05, 3.63) is 72.1 Å². The third-order valence-corrected chi connectivity index (χ3v) is 5.19. The lowest BCUT2D eigenvalue weighted by Gasteiger charge is -2.00. The monoisotopic (exact) mass is 320 g/mol. The first-order valence-electron chi connectivity index (χ1n) is 8.09. The van der Waals surface area contributed by atoms with Gasteiger partial charge in [-0.05, 0) is 59.4 Å². The minimum atomic E-state index is 1.10. The summed E-state index contributed by atoms with van der Waals surface area (Å²) in [5.74, 6) is 2.32. The zero-order chi connectivity index (χ0) is 15.5. The van der Waals surface area contributed by atoms with Crippen LogP contribution in [-0.4, -0.2) is 21.5 Å². The van der Waals surface area contributed by atoms with Gasteiger partial charge in [0.25, 0.3) is 0 Å². The van der Waals surface area contributed by atoms with E-state index in [1.165, 1.54) is 33.2 Å². The summed E-state index contributed by atoms with van der Waals surface area (Å²) < 4.78 is 0. The zero-order valence-electron chi connectivity index (χ0n) is 13.0. The second kappa shape index (κ2) is 6.55. The molecular formula is C20H20N2S. The lowest BCUT2D eigenvalue weighted by molar-refractivity contribution is 1.06. The van der Waals surface area contributed by atoms with Gasteiger partial charge in [0.2, 0.25) is 0 Å². The molecule has 2 N–H and O–H groups in total. The average Bonchev–Trinajstić information content (AvgIpc) is 3.17. The highest BCUT2D eigenvalue weighted by atomic mass is 32.2. The maximum Gasteiger partial charge on any atom is 0.0456 e. The predicted molar refractivity (Wildman–Crippen MR) is 101 cm³/mol. The average molecular weight is 320 g/mol. The van der Waals surface area contributed by atoms with E-state index in [-0.39, 0.29) is 0 Å². The maximum absolute atomic E-state index is 3.50. The topological polar surface area (TPSA) is 31.6 Å². The van der Waals surface area contributed by atoms with E-state index in [0.717, 1.165) is 24.3 Å². The summed E-state index contributed by atoms with van der Waals surface area (Å²) in [6.07, 6.45) is 2.21. The van der Waals surface area contributed by atoms with Crippen molar-refractivity contribution in [2.75, 3.05) is 11.5 Å². The first kappa shape index (κ1) is 14.5. The van der Waals surface area contributed by atoms with E-state index in [1.807, 2.05) is 11.8 Å². The molecule has 0 radical (unpaired) electrons. The Morgan fingerprint density at radius 1 is 0.652 bits per heavy atom. The Morgan fingerprint density at radius 2 is 1.13 bits per heavy atom. The van der Waals surface area contributed by atoms with Crippen molar-refractivity contribution >= 4 is 33.6 Å². The van der Waals surface area contributed by atoms with Crippen molar-refractivity contribution in [2.24, 2.45) is 0 Å². The SMILES string of the molecule is c1ccc2[nH]c(CCSCCc3cc4ccccc4[nH]3)cc2c1. The van der Waals surface area contributed by atoms with Crippen molar-refractivity contribution in [1.29, 1.82) is 0 Å². The quantitative estimate of drug-likeness (QED) is 0.472. The summed E-state index contributed by atoms with van der Waals surface area (Å²) in [4.78, 5) is 7.00. The molecule has 3 heteroatoms. The van der Waals surface area contributed by atoms with E-state index in [2.05, 4.69) is 70.6 Å². The Morgan fingerprint density at radius 3 is 1.61 bits per heavy atom. The summed E-state index contributed by atoms with van der Waals surface area (Å²) in [6, 6.07) is 21.5. The lowest BCUT2D eigenvalue weighted by atomic mass is 10.2. The predicted octanol–water partition coefficient (Wildman–Crippen LogP) is 5.17. The maximum atomic E-state index is 3.50. The Balaban J connectivity index is 1.27. The minimum Gasteiger partial charge on any atom is -0.358 e. The summed E-state index contributed by atoms with van der Waals surface area (Å²) in [7, 11) is 0. The molecule has 0 saturated carbocycles. The van der Waals surface area contributed by atoms with Gasteiger partial charge in [-0.1, -0.05) is 36.4 Å². The van der Waals surface area contributed by atoms with Gasteiger partial charge < -0.3 is 9.97 Å². The number of H-pyrrole nitrogens is 2. The number of benzene rings is 2. The molecule has 23 heavy (non-hydrogen) atoms. The standard InChI is InChI=1S/C20H20N2S/c1-3-7-19-15(5-1)13-17(21-19)9-11-23-12-10-18-14-16-6-2-4-8-20(16)22-18/h1-8,13-14,21-22H,9-12H2. The third-order valence-electron chi connectivity index (χ3n) is 4.20. The molecule has 4 aromatic rings. The van der Waals surface area contributed by atoms with E-state index >= 15 is 0 Å². The number of thioether (sulfide) groups is 1. The first-order valence-corrected chi connectivity index (χ1v) is 9.25. The summed E-state index contributed by atoms with van der Waals surface area (Å²) >= 11 is 2.02. The summed E-state index contributed by atoms with van der Waals surface area (Å²) in [5, 5.41) is 2.62. The van der Waals surface area contributed by atoms with Crippen LogP contribution in [0.1, 0.15) is 11.4 Å². The van der Waals surface area contributed by atoms with Crippen molar-refractivity contribution in [3.63, 3.8) is 0 Å². The molecule has 4 rings (SSSR count). The van der Waals surface area contributed by atoms with Crippen LogP contribution >= 0.6 is 11.8 Å². The highest BCUT2D eigenvalue weighted by Gasteiger charge is 2.02. The fraction of sp³-hybridized carbons (Fsp3) is 0.200. The molecule has 2 nitrogen and oxygen atoms in total. The molecule has 0 atom stereocenters. The van der Waals surface area contributed by atoms with E-state index in [1.54, 1.807) is 0 Å². The molecule has 0 fully saturated rings. The number of aryl methyl sites for hydroxylation is 2. The molecule has 0 aliphatic carbocycles. The highest BCUT2D eigenvalue weighted by Crippen LogP contribution is 2.18. The fourth-order valence-corrected chi connectivity index (χ4v) is 3.94. The van der Waals surface area contributed by atoms with Crippen LogP contribution in [0, 0.1) is 0 Å². The van der Waals surface area contributed by atoms with E-state index in [4.69, 9.17) is 0 Å². The van der Waals surface area contributed by atoms with E-state index in [9.17, 15) is 0 Å². The normalized spacial score (nSPS) is 11.5. The van der Waals surface area contributed by atoms with Gasteiger partial charge in [-0.15, -0.1) is 0 Å². The zero-order valence-corrected chi connectivity index (χ0v) is 13.8. The third kappa shape index (κ3) is 3.30. The van der Waals surface area contributed by atoms with Crippen LogP contribution in [0.25, 0.3) is 21.8 Å². The van der Waals surface area contributed by atoms with Crippen LogP contribution in [0.15, 0.2) is 60.7 Å². The van der Waals surface area contributed by atoms with Crippen LogP contribution < -0.4 is 0 Å². The van der Waals surface area contributed by atoms with Crippen LogP contribution in [0.5, 0.6) is 0 Å². The van der Waals surface area contributed by atoms with Crippen molar-refractivity contribution < 1.29 is 0 Å². The molecule has 2 heterocycles. The molecule has 0 amide bonds. The Kier molecular flexibility index (Phi) is 4.12. The number of para-hydroxylation sites is 2. The van der Waals surface area contributed by atoms with E-state index < -0.39 is 0 Å². The largest absolute Gasteiger partial charge is 0.358 e. The molecular weight excluding hydrogens is 300 g/mol. The van der Waals surface area contributed by atoms with E-state index in [0.29, 0.717) is 0 Å². The van der Waals surface area contributed by atoms with Gasteiger partial charge in [-0.25, -0.2) is 0 Å². The molecule has 2 aromatic carbocycles. The molecule has 0 spiro atoms. The highest BCUT2D eigenvalue weighted by molar-refractivity contribution is 7.99. The molecule has 0 saturated heterocycles. The van der Waals surface area contributed by atoms with Gasteiger partial charge in [0.05, 0.1) is 0 Å². The van der Waals surface area contributed by atoms with Crippen LogP contribution in [-0.2, 0) is 12.8 Å². The molecule has 0 aliphatic rings.